The number of ether oxygens (including phenoxy) is 1. The number of hydrogen-bond acceptors (Lipinski definition) is 6. The van der Waals surface area contributed by atoms with Gasteiger partial charge in [-0.15, -0.1) is 0 Å². The van der Waals surface area contributed by atoms with Crippen molar-refractivity contribution in [3.8, 4) is 17.0 Å². The zero-order valence-electron chi connectivity index (χ0n) is 20.1. The number of hydrogen-bond donors (Lipinski definition) is 3. The Bertz CT molecular complexity index is 1260. The van der Waals surface area contributed by atoms with E-state index in [-0.39, 0.29) is 24.1 Å². The predicted molar refractivity (Wildman–Crippen MR) is 139 cm³/mol. The van der Waals surface area contributed by atoms with Crippen molar-refractivity contribution in [2.45, 2.75) is 18.9 Å². The maximum atomic E-state index is 12.9. The number of benzene rings is 2. The van der Waals surface area contributed by atoms with Gasteiger partial charge >= 0.3 is 0 Å². The zero-order chi connectivity index (χ0) is 24.9. The van der Waals surface area contributed by atoms with Crippen LogP contribution in [-0.4, -0.2) is 61.5 Å². The normalized spacial score (nSPS) is 14.5. The first-order chi connectivity index (χ1) is 16.9. The summed E-state index contributed by atoms with van der Waals surface area (Å²) >= 11 is 0. The SMILES string of the molecule is C=C(CNc1c(OC)ccc2ccc(-c3cccc(C(=O)NC4CCN(C)CC4)n3)cc12)C(N)=O. The Hall–Kier alpha value is -3.91. The molecule has 1 fully saturated rings. The molecular weight excluding hydrogens is 442 g/mol. The Morgan fingerprint density at radius 3 is 2.63 bits per heavy atom. The maximum Gasteiger partial charge on any atom is 0.270 e. The van der Waals surface area contributed by atoms with Crippen LogP contribution in [0.2, 0.25) is 0 Å². The molecule has 0 bridgehead atoms. The van der Waals surface area contributed by atoms with Crippen LogP contribution in [0.4, 0.5) is 5.69 Å². The highest BCUT2D eigenvalue weighted by Crippen LogP contribution is 2.35. The van der Waals surface area contributed by atoms with Gasteiger partial charge in [0.1, 0.15) is 11.4 Å². The van der Waals surface area contributed by atoms with Crippen LogP contribution in [0.25, 0.3) is 22.0 Å². The lowest BCUT2D eigenvalue weighted by molar-refractivity contribution is -0.114. The second-order valence-corrected chi connectivity index (χ2v) is 8.86. The molecule has 35 heavy (non-hydrogen) atoms. The number of pyridine rings is 1. The van der Waals surface area contributed by atoms with E-state index in [0.29, 0.717) is 17.1 Å². The van der Waals surface area contributed by atoms with E-state index < -0.39 is 5.91 Å². The molecular formula is C27H31N5O3. The van der Waals surface area contributed by atoms with Crippen molar-refractivity contribution < 1.29 is 14.3 Å². The van der Waals surface area contributed by atoms with Crippen LogP contribution in [0.15, 0.2) is 60.7 Å². The number of anilines is 1. The van der Waals surface area contributed by atoms with Crippen molar-refractivity contribution >= 4 is 28.3 Å². The van der Waals surface area contributed by atoms with Crippen molar-refractivity contribution in [1.82, 2.24) is 15.2 Å². The Labute approximate surface area is 205 Å². The molecule has 182 valence electrons. The number of amides is 2. The summed E-state index contributed by atoms with van der Waals surface area (Å²) in [5.74, 6) is -0.0840. The van der Waals surface area contributed by atoms with E-state index >= 15 is 0 Å². The van der Waals surface area contributed by atoms with Crippen LogP contribution in [0.5, 0.6) is 5.75 Å². The molecule has 0 spiro atoms. The second kappa shape index (κ2) is 10.6. The fourth-order valence-electron chi connectivity index (χ4n) is 4.23. The van der Waals surface area contributed by atoms with Gasteiger partial charge < -0.3 is 26.0 Å². The van der Waals surface area contributed by atoms with Crippen LogP contribution in [0.3, 0.4) is 0 Å². The lowest BCUT2D eigenvalue weighted by Crippen LogP contribution is -2.43. The Balaban J connectivity index is 1.62. The molecule has 0 radical (unpaired) electrons. The summed E-state index contributed by atoms with van der Waals surface area (Å²) in [5, 5.41) is 8.23. The summed E-state index contributed by atoms with van der Waals surface area (Å²) in [4.78, 5) is 31.2. The molecule has 1 aliphatic rings. The van der Waals surface area contributed by atoms with Crippen LogP contribution in [0.1, 0.15) is 23.3 Å². The van der Waals surface area contributed by atoms with Gasteiger partial charge in [0.15, 0.2) is 0 Å². The first kappa shape index (κ1) is 24.2. The van der Waals surface area contributed by atoms with Gasteiger partial charge in [0.05, 0.1) is 18.5 Å². The molecule has 2 amide bonds. The molecule has 3 aromatic rings. The minimum absolute atomic E-state index is 0.156. The molecule has 8 heteroatoms. The van der Waals surface area contributed by atoms with E-state index in [1.54, 1.807) is 13.2 Å². The largest absolute Gasteiger partial charge is 0.495 e. The van der Waals surface area contributed by atoms with Gasteiger partial charge in [-0.2, -0.15) is 0 Å². The van der Waals surface area contributed by atoms with Gasteiger partial charge in [-0.1, -0.05) is 30.8 Å². The second-order valence-electron chi connectivity index (χ2n) is 8.86. The van der Waals surface area contributed by atoms with Gasteiger partial charge in [-0.05, 0) is 62.6 Å². The van der Waals surface area contributed by atoms with Crippen molar-refractivity contribution in [3.05, 3.63) is 66.4 Å². The van der Waals surface area contributed by atoms with Crippen LogP contribution < -0.4 is 21.1 Å². The summed E-state index contributed by atoms with van der Waals surface area (Å²) in [6.07, 6.45) is 1.87. The number of carbonyl (C=O) groups is 2. The highest BCUT2D eigenvalue weighted by Gasteiger charge is 2.20. The average Bonchev–Trinajstić information content (AvgIpc) is 2.87. The Kier molecular flexibility index (Phi) is 7.31. The molecule has 4 rings (SSSR count). The molecule has 0 unspecified atom stereocenters. The average molecular weight is 474 g/mol. The van der Waals surface area contributed by atoms with E-state index in [9.17, 15) is 9.59 Å². The number of likely N-dealkylation sites (tertiary alicyclic amines) is 1. The summed E-state index contributed by atoms with van der Waals surface area (Å²) in [6.45, 7) is 5.86. The van der Waals surface area contributed by atoms with Gasteiger partial charge in [-0.3, -0.25) is 9.59 Å². The number of carbonyl (C=O) groups excluding carboxylic acids is 2. The number of nitrogens with one attached hydrogen (secondary N) is 2. The highest BCUT2D eigenvalue weighted by molar-refractivity contribution is 6.00. The fraction of sp³-hybridized carbons (Fsp3) is 0.296. The molecule has 0 saturated carbocycles. The number of fused-ring (bicyclic) bond motifs is 1. The Morgan fingerprint density at radius 2 is 1.91 bits per heavy atom. The summed E-state index contributed by atoms with van der Waals surface area (Å²) in [7, 11) is 3.68. The Morgan fingerprint density at radius 1 is 1.17 bits per heavy atom. The molecule has 2 aromatic carbocycles. The van der Waals surface area contributed by atoms with Crippen molar-refractivity contribution in [3.63, 3.8) is 0 Å². The molecule has 8 nitrogen and oxygen atoms in total. The summed E-state index contributed by atoms with van der Waals surface area (Å²) in [5.41, 5.74) is 8.27. The minimum atomic E-state index is -0.558. The predicted octanol–water partition coefficient (Wildman–Crippen LogP) is 3.19. The maximum absolute atomic E-state index is 12.9. The number of rotatable bonds is 8. The fourth-order valence-corrected chi connectivity index (χ4v) is 4.23. The number of nitrogens with zero attached hydrogens (tertiary/aromatic N) is 2. The quantitative estimate of drug-likeness (QED) is 0.434. The van der Waals surface area contributed by atoms with E-state index in [2.05, 4.69) is 34.1 Å². The van der Waals surface area contributed by atoms with Crippen LogP contribution in [0, 0.1) is 0 Å². The summed E-state index contributed by atoms with van der Waals surface area (Å²) < 4.78 is 5.54. The van der Waals surface area contributed by atoms with E-state index in [1.807, 2.05) is 42.5 Å². The van der Waals surface area contributed by atoms with Gasteiger partial charge in [-0.25, -0.2) is 4.98 Å². The molecule has 1 aromatic heterocycles. The molecule has 0 aliphatic carbocycles. The molecule has 1 saturated heterocycles. The summed E-state index contributed by atoms with van der Waals surface area (Å²) in [6, 6.07) is 15.4. The lowest BCUT2D eigenvalue weighted by Gasteiger charge is -2.29. The van der Waals surface area contributed by atoms with Crippen molar-refractivity contribution in [2.24, 2.45) is 5.73 Å². The monoisotopic (exact) mass is 473 g/mol. The van der Waals surface area contributed by atoms with Crippen LogP contribution in [-0.2, 0) is 4.79 Å². The molecule has 4 N–H and O–H groups in total. The van der Waals surface area contributed by atoms with Crippen molar-refractivity contribution in [1.29, 1.82) is 0 Å². The number of piperidine rings is 1. The number of nitrogens with two attached hydrogens (primary N) is 1. The lowest BCUT2D eigenvalue weighted by atomic mass is 10.0. The number of aromatic nitrogens is 1. The van der Waals surface area contributed by atoms with Crippen molar-refractivity contribution in [2.75, 3.05) is 39.1 Å². The standard InChI is InChI=1S/C27H31N5O3/c1-17(26(28)33)16-29-25-21-15-19(8-7-18(21)9-10-24(25)35-3)22-5-4-6-23(31-22)27(34)30-20-11-13-32(2)14-12-20/h4-10,15,20,29H,1,11-14,16H2,2-3H3,(H2,28,33)(H,30,34). The molecule has 0 atom stereocenters. The third-order valence-corrected chi connectivity index (χ3v) is 6.36. The first-order valence-corrected chi connectivity index (χ1v) is 11.6. The van der Waals surface area contributed by atoms with Gasteiger partial charge in [0.2, 0.25) is 5.91 Å². The third-order valence-electron chi connectivity index (χ3n) is 6.36. The first-order valence-electron chi connectivity index (χ1n) is 11.6. The van der Waals surface area contributed by atoms with E-state index in [0.717, 1.165) is 48.0 Å². The third kappa shape index (κ3) is 5.60. The zero-order valence-corrected chi connectivity index (χ0v) is 20.1. The molecule has 2 heterocycles. The highest BCUT2D eigenvalue weighted by atomic mass is 16.5. The molecule has 1 aliphatic heterocycles. The topological polar surface area (TPSA) is 110 Å². The van der Waals surface area contributed by atoms with E-state index in [1.165, 1.54) is 0 Å². The number of methoxy groups -OCH3 is 1. The number of primary amides is 1. The van der Waals surface area contributed by atoms with E-state index in [4.69, 9.17) is 10.5 Å². The minimum Gasteiger partial charge on any atom is -0.495 e. The van der Waals surface area contributed by atoms with Gasteiger partial charge in [0.25, 0.3) is 5.91 Å². The smallest absolute Gasteiger partial charge is 0.270 e. The van der Waals surface area contributed by atoms with Crippen LogP contribution >= 0.6 is 0 Å². The van der Waals surface area contributed by atoms with Gasteiger partial charge in [0, 0.05) is 29.1 Å².